The van der Waals surface area contributed by atoms with Gasteiger partial charge < -0.3 is 0 Å². The fourth-order valence-corrected chi connectivity index (χ4v) is 0.463. The van der Waals surface area contributed by atoms with E-state index in [0.29, 0.717) is 0 Å². The highest BCUT2D eigenvalue weighted by molar-refractivity contribution is 9.24. The summed E-state index contributed by atoms with van der Waals surface area (Å²) in [5.74, 6) is 0. The normalized spacial score (nSPS) is 9.00. The van der Waals surface area contributed by atoms with E-state index in [-0.39, 0.29) is 3.74 Å². The largest absolute Gasteiger partial charge is 0.0987 e. The van der Waals surface area contributed by atoms with Crippen LogP contribution in [0.15, 0.2) is 24.8 Å². The minimum Gasteiger partial charge on any atom is -0.0987 e. The van der Waals surface area contributed by atoms with Crippen LogP contribution in [-0.2, 0) is 0 Å². The van der Waals surface area contributed by atoms with Crippen LogP contribution >= 0.6 is 31.9 Å². The summed E-state index contributed by atoms with van der Waals surface area (Å²) < 4.78 is 0.178. The van der Waals surface area contributed by atoms with E-state index in [1.54, 1.807) is 6.08 Å². The zero-order chi connectivity index (χ0) is 5.86. The van der Waals surface area contributed by atoms with Gasteiger partial charge in [-0.25, -0.2) is 0 Å². The Morgan fingerprint density at radius 3 is 2.00 bits per heavy atom. The molecule has 40 valence electrons. The standard InChI is InChI=1S/C5H6Br2/c1-3-4(2)5(6)7/h3,5H,1-2H2. The Bertz CT molecular complexity index is 84.1. The van der Waals surface area contributed by atoms with Crippen molar-refractivity contribution in [3.63, 3.8) is 0 Å². The molecular weight excluding hydrogens is 220 g/mol. The third kappa shape index (κ3) is 3.06. The van der Waals surface area contributed by atoms with Gasteiger partial charge in [0, 0.05) is 0 Å². The van der Waals surface area contributed by atoms with Gasteiger partial charge in [0.2, 0.25) is 0 Å². The van der Waals surface area contributed by atoms with Crippen LogP contribution in [0.5, 0.6) is 0 Å². The van der Waals surface area contributed by atoms with Crippen molar-refractivity contribution in [3.8, 4) is 0 Å². The molecule has 0 saturated heterocycles. The summed E-state index contributed by atoms with van der Waals surface area (Å²) in [7, 11) is 0. The number of hydrogen-bond donors (Lipinski definition) is 0. The Morgan fingerprint density at radius 2 is 2.00 bits per heavy atom. The molecule has 0 nitrogen and oxygen atoms in total. The first-order valence-electron chi connectivity index (χ1n) is 1.78. The lowest BCUT2D eigenvalue weighted by Gasteiger charge is -1.95. The fourth-order valence-electron chi connectivity index (χ4n) is 0.0891. The number of rotatable bonds is 2. The van der Waals surface area contributed by atoms with Crippen LogP contribution in [0.25, 0.3) is 0 Å². The minimum absolute atomic E-state index is 0.178. The first-order valence-corrected chi connectivity index (χ1v) is 3.61. The van der Waals surface area contributed by atoms with Crippen molar-refractivity contribution in [2.24, 2.45) is 0 Å². The molecule has 0 heterocycles. The predicted molar refractivity (Wildman–Crippen MR) is 41.0 cm³/mol. The first-order chi connectivity index (χ1) is 3.18. The maximum absolute atomic E-state index is 3.66. The van der Waals surface area contributed by atoms with E-state index in [1.807, 2.05) is 0 Å². The third-order valence-corrected chi connectivity index (χ3v) is 1.72. The van der Waals surface area contributed by atoms with Gasteiger partial charge in [0.25, 0.3) is 0 Å². The van der Waals surface area contributed by atoms with E-state index in [2.05, 4.69) is 45.0 Å². The van der Waals surface area contributed by atoms with Gasteiger partial charge in [-0.3, -0.25) is 0 Å². The molecule has 0 fully saturated rings. The van der Waals surface area contributed by atoms with E-state index in [4.69, 9.17) is 0 Å². The maximum Gasteiger partial charge on any atom is 0.0940 e. The first kappa shape index (κ1) is 7.44. The van der Waals surface area contributed by atoms with Crippen molar-refractivity contribution in [1.82, 2.24) is 0 Å². The molecule has 0 aliphatic rings. The molecule has 0 aromatic heterocycles. The van der Waals surface area contributed by atoms with Crippen molar-refractivity contribution in [2.75, 3.05) is 0 Å². The summed E-state index contributed by atoms with van der Waals surface area (Å²) in [6.07, 6.45) is 1.70. The Balaban J connectivity index is 3.56. The van der Waals surface area contributed by atoms with E-state index in [9.17, 15) is 0 Å². The highest BCUT2D eigenvalue weighted by Crippen LogP contribution is 2.16. The van der Waals surface area contributed by atoms with Gasteiger partial charge in [0.05, 0.1) is 3.74 Å². The highest BCUT2D eigenvalue weighted by atomic mass is 79.9. The van der Waals surface area contributed by atoms with Gasteiger partial charge in [0.15, 0.2) is 0 Å². The number of alkyl halides is 2. The molecule has 0 radical (unpaired) electrons. The number of halogens is 2. The van der Waals surface area contributed by atoms with Crippen LogP contribution in [0.4, 0.5) is 0 Å². The van der Waals surface area contributed by atoms with E-state index in [0.717, 1.165) is 5.57 Å². The molecule has 0 rings (SSSR count). The van der Waals surface area contributed by atoms with Gasteiger partial charge in [-0.05, 0) is 5.57 Å². The van der Waals surface area contributed by atoms with Gasteiger partial charge in [0.1, 0.15) is 0 Å². The summed E-state index contributed by atoms with van der Waals surface area (Å²) in [5, 5.41) is 0. The third-order valence-electron chi connectivity index (χ3n) is 0.542. The van der Waals surface area contributed by atoms with Crippen LogP contribution in [0.1, 0.15) is 0 Å². The summed E-state index contributed by atoms with van der Waals surface area (Å²) in [5.41, 5.74) is 0.944. The Morgan fingerprint density at radius 1 is 1.57 bits per heavy atom. The van der Waals surface area contributed by atoms with Crippen molar-refractivity contribution in [1.29, 1.82) is 0 Å². The monoisotopic (exact) mass is 224 g/mol. The van der Waals surface area contributed by atoms with Gasteiger partial charge in [-0.2, -0.15) is 0 Å². The summed E-state index contributed by atoms with van der Waals surface area (Å²) in [6.45, 7) is 7.18. The van der Waals surface area contributed by atoms with Gasteiger partial charge in [-0.15, -0.1) is 0 Å². The number of allylic oxidation sites excluding steroid dienone is 2. The lowest BCUT2D eigenvalue weighted by Crippen LogP contribution is -1.82. The lowest BCUT2D eigenvalue weighted by molar-refractivity contribution is 1.56. The van der Waals surface area contributed by atoms with Crippen LogP contribution in [0.3, 0.4) is 0 Å². The van der Waals surface area contributed by atoms with Crippen LogP contribution in [-0.4, -0.2) is 3.74 Å². The smallest absolute Gasteiger partial charge is 0.0940 e. The van der Waals surface area contributed by atoms with Gasteiger partial charge >= 0.3 is 0 Å². The molecule has 0 atom stereocenters. The van der Waals surface area contributed by atoms with Crippen LogP contribution < -0.4 is 0 Å². The second-order valence-corrected chi connectivity index (χ2v) is 4.14. The second kappa shape index (κ2) is 3.44. The fraction of sp³-hybridized carbons (Fsp3) is 0.200. The SMILES string of the molecule is C=CC(=C)C(Br)Br. The molecule has 2 heteroatoms. The van der Waals surface area contributed by atoms with Crippen LogP contribution in [0.2, 0.25) is 0 Å². The maximum atomic E-state index is 3.66. The van der Waals surface area contributed by atoms with Crippen molar-refractivity contribution in [2.45, 2.75) is 3.74 Å². The Hall–Kier alpha value is 0.440. The summed E-state index contributed by atoms with van der Waals surface area (Å²) in [6, 6.07) is 0. The summed E-state index contributed by atoms with van der Waals surface area (Å²) in [4.78, 5) is 0. The average Bonchev–Trinajstić information content (AvgIpc) is 1.65. The molecule has 0 aromatic rings. The quantitative estimate of drug-likeness (QED) is 0.501. The average molecular weight is 226 g/mol. The zero-order valence-electron chi connectivity index (χ0n) is 3.82. The van der Waals surface area contributed by atoms with E-state index in [1.165, 1.54) is 0 Å². The van der Waals surface area contributed by atoms with Gasteiger partial charge in [-0.1, -0.05) is 51.1 Å². The molecule has 0 spiro atoms. The van der Waals surface area contributed by atoms with Crippen LogP contribution in [0, 0.1) is 0 Å². The molecule has 0 bridgehead atoms. The minimum atomic E-state index is 0.178. The molecule has 7 heavy (non-hydrogen) atoms. The van der Waals surface area contributed by atoms with Crippen molar-refractivity contribution >= 4 is 31.9 Å². The van der Waals surface area contributed by atoms with E-state index >= 15 is 0 Å². The molecule has 0 N–H and O–H groups in total. The highest BCUT2D eigenvalue weighted by Gasteiger charge is 1.95. The van der Waals surface area contributed by atoms with E-state index < -0.39 is 0 Å². The van der Waals surface area contributed by atoms with Crippen molar-refractivity contribution < 1.29 is 0 Å². The zero-order valence-corrected chi connectivity index (χ0v) is 7.00. The van der Waals surface area contributed by atoms with Crippen molar-refractivity contribution in [3.05, 3.63) is 24.8 Å². The molecule has 0 aliphatic heterocycles. The molecular formula is C5H6Br2. The molecule has 0 amide bonds. The molecule has 0 saturated carbocycles. The Labute approximate surface area is 60.6 Å². The Kier molecular flexibility index (Phi) is 3.66. The summed E-state index contributed by atoms with van der Waals surface area (Å²) >= 11 is 6.49. The molecule has 0 unspecified atom stereocenters. The molecule has 0 aromatic carbocycles. The topological polar surface area (TPSA) is 0 Å². The predicted octanol–water partition coefficient (Wildman–Crippen LogP) is 2.84. The molecule has 0 aliphatic carbocycles. The number of hydrogen-bond acceptors (Lipinski definition) is 0. The second-order valence-electron chi connectivity index (χ2n) is 1.08. The lowest BCUT2D eigenvalue weighted by atomic mass is 10.4.